The van der Waals surface area contributed by atoms with Crippen LogP contribution in [-0.4, -0.2) is 29.2 Å². The van der Waals surface area contributed by atoms with Gasteiger partial charge >= 0.3 is 6.09 Å². The van der Waals surface area contributed by atoms with Crippen LogP contribution in [-0.2, 0) is 5.41 Å². The highest BCUT2D eigenvalue weighted by Crippen LogP contribution is 2.52. The van der Waals surface area contributed by atoms with Gasteiger partial charge in [0.05, 0.1) is 10.0 Å². The lowest BCUT2D eigenvalue weighted by molar-refractivity contribution is 0.152. The van der Waals surface area contributed by atoms with Crippen LogP contribution in [0.5, 0.6) is 0 Å². The maximum Gasteiger partial charge on any atom is 0.407 e. The maximum absolute atomic E-state index is 11.3. The molecule has 0 bridgehead atoms. The van der Waals surface area contributed by atoms with Gasteiger partial charge in [0, 0.05) is 18.5 Å². The number of allylic oxidation sites excluding steroid dienone is 1. The zero-order chi connectivity index (χ0) is 14.5. The third-order valence-electron chi connectivity index (χ3n) is 4.56. The molecule has 1 aliphatic heterocycles. The van der Waals surface area contributed by atoms with Crippen molar-refractivity contribution in [1.29, 1.82) is 0 Å². The summed E-state index contributed by atoms with van der Waals surface area (Å²) in [6.07, 6.45) is 0.841. The van der Waals surface area contributed by atoms with Gasteiger partial charge in [0.1, 0.15) is 0 Å². The summed E-state index contributed by atoms with van der Waals surface area (Å²) in [7, 11) is 0. The van der Waals surface area contributed by atoms with E-state index in [9.17, 15) is 9.90 Å². The summed E-state index contributed by atoms with van der Waals surface area (Å²) >= 11 is 12.1. The average molecular weight is 312 g/mol. The molecule has 106 valence electrons. The molecule has 1 aliphatic carbocycles. The molecule has 2 atom stereocenters. The van der Waals surface area contributed by atoms with Gasteiger partial charge in [-0.1, -0.05) is 41.4 Å². The van der Waals surface area contributed by atoms with Gasteiger partial charge < -0.3 is 10.0 Å². The largest absolute Gasteiger partial charge is 0.465 e. The van der Waals surface area contributed by atoms with E-state index >= 15 is 0 Å². The van der Waals surface area contributed by atoms with Gasteiger partial charge in [-0.3, -0.25) is 0 Å². The van der Waals surface area contributed by atoms with E-state index in [1.54, 1.807) is 6.07 Å². The number of likely N-dealkylation sites (tertiary alicyclic amines) is 1. The Hall–Kier alpha value is -1.19. The molecule has 20 heavy (non-hydrogen) atoms. The fourth-order valence-electron chi connectivity index (χ4n) is 3.68. The second-order valence-electron chi connectivity index (χ2n) is 5.78. The topological polar surface area (TPSA) is 40.5 Å². The molecule has 2 fully saturated rings. The van der Waals surface area contributed by atoms with Gasteiger partial charge in [0.2, 0.25) is 0 Å². The van der Waals surface area contributed by atoms with Gasteiger partial charge in [-0.15, -0.1) is 0 Å². The Morgan fingerprint density at radius 2 is 2.15 bits per heavy atom. The lowest BCUT2D eigenvalue weighted by Gasteiger charge is -2.29. The Morgan fingerprint density at radius 3 is 2.80 bits per heavy atom. The molecule has 1 aromatic rings. The van der Waals surface area contributed by atoms with Gasteiger partial charge in [-0.25, -0.2) is 4.79 Å². The number of hydrogen-bond donors (Lipinski definition) is 1. The molecule has 1 N–H and O–H groups in total. The third-order valence-corrected chi connectivity index (χ3v) is 5.30. The smallest absolute Gasteiger partial charge is 0.407 e. The normalized spacial score (nSPS) is 28.8. The van der Waals surface area contributed by atoms with E-state index in [0.717, 1.165) is 18.4 Å². The summed E-state index contributed by atoms with van der Waals surface area (Å²) < 4.78 is 0. The first kappa shape index (κ1) is 13.8. The molecule has 1 heterocycles. The minimum Gasteiger partial charge on any atom is -0.465 e. The molecular formula is C15H15Cl2NO2. The van der Waals surface area contributed by atoms with Crippen molar-refractivity contribution >= 4 is 29.3 Å². The fourth-order valence-corrected chi connectivity index (χ4v) is 3.98. The number of carbonyl (C=O) groups is 1. The molecule has 5 heteroatoms. The monoisotopic (exact) mass is 311 g/mol. The van der Waals surface area contributed by atoms with Crippen molar-refractivity contribution < 1.29 is 9.90 Å². The Balaban J connectivity index is 2.04. The predicted octanol–water partition coefficient (Wildman–Crippen LogP) is 4.19. The van der Waals surface area contributed by atoms with Crippen LogP contribution in [0.25, 0.3) is 0 Å². The molecule has 1 saturated heterocycles. The van der Waals surface area contributed by atoms with Crippen molar-refractivity contribution in [3.8, 4) is 0 Å². The number of fused-ring (bicyclic) bond motifs is 1. The lowest BCUT2D eigenvalue weighted by atomic mass is 9.74. The van der Waals surface area contributed by atoms with Crippen molar-refractivity contribution in [2.45, 2.75) is 18.3 Å². The van der Waals surface area contributed by atoms with E-state index in [1.165, 1.54) is 10.5 Å². The van der Waals surface area contributed by atoms with Crippen molar-refractivity contribution in [3.05, 3.63) is 46.0 Å². The molecule has 0 unspecified atom stereocenters. The van der Waals surface area contributed by atoms with Crippen molar-refractivity contribution in [3.63, 3.8) is 0 Å². The second-order valence-corrected chi connectivity index (χ2v) is 6.59. The predicted molar refractivity (Wildman–Crippen MR) is 79.6 cm³/mol. The van der Waals surface area contributed by atoms with E-state index in [1.807, 2.05) is 12.1 Å². The molecular weight excluding hydrogens is 297 g/mol. The van der Waals surface area contributed by atoms with E-state index in [4.69, 9.17) is 23.2 Å². The van der Waals surface area contributed by atoms with Crippen LogP contribution in [0, 0.1) is 5.92 Å². The third kappa shape index (κ3) is 2.00. The molecule has 2 aliphatic rings. The quantitative estimate of drug-likeness (QED) is 0.790. The molecule has 3 nitrogen and oxygen atoms in total. The minimum absolute atomic E-state index is 0.191. The van der Waals surface area contributed by atoms with E-state index < -0.39 is 6.09 Å². The summed E-state index contributed by atoms with van der Waals surface area (Å²) in [5.74, 6) is 0.281. The molecule has 3 rings (SSSR count). The van der Waals surface area contributed by atoms with Gasteiger partial charge in [0.15, 0.2) is 0 Å². The second kappa shape index (κ2) is 4.68. The summed E-state index contributed by atoms with van der Waals surface area (Å²) in [4.78, 5) is 12.8. The van der Waals surface area contributed by atoms with Crippen LogP contribution in [0.15, 0.2) is 30.4 Å². The Morgan fingerprint density at radius 1 is 1.40 bits per heavy atom. The Bertz CT molecular complexity index is 602. The number of rotatable bonds is 1. The van der Waals surface area contributed by atoms with Crippen LogP contribution in [0.2, 0.25) is 10.0 Å². The number of carboxylic acid groups (broad SMARTS) is 1. The van der Waals surface area contributed by atoms with Crippen LogP contribution in [0.1, 0.15) is 18.4 Å². The highest BCUT2D eigenvalue weighted by molar-refractivity contribution is 6.42. The van der Waals surface area contributed by atoms with Crippen LogP contribution < -0.4 is 0 Å². The Kier molecular flexibility index (Phi) is 3.22. The standard InChI is InChI=1S/C15H15Cl2NO2/c1-9-4-11-7-18(14(19)20)8-15(11,6-9)10-2-3-12(16)13(17)5-10/h2-3,5,11H,1,4,6-8H2,(H,19,20)/t11-,15+/m1/s1. The van der Waals surface area contributed by atoms with Gasteiger partial charge in [-0.2, -0.15) is 0 Å². The molecule has 1 saturated carbocycles. The lowest BCUT2D eigenvalue weighted by Crippen LogP contribution is -2.33. The van der Waals surface area contributed by atoms with E-state index in [0.29, 0.717) is 23.1 Å². The van der Waals surface area contributed by atoms with E-state index in [-0.39, 0.29) is 11.3 Å². The zero-order valence-electron chi connectivity index (χ0n) is 10.9. The van der Waals surface area contributed by atoms with E-state index in [2.05, 4.69) is 6.58 Å². The number of halogens is 2. The number of hydrogen-bond acceptors (Lipinski definition) is 1. The minimum atomic E-state index is -0.857. The Labute approximate surface area is 127 Å². The first-order chi connectivity index (χ1) is 9.42. The molecule has 0 aromatic heterocycles. The number of nitrogens with zero attached hydrogens (tertiary/aromatic N) is 1. The highest BCUT2D eigenvalue weighted by atomic mass is 35.5. The van der Waals surface area contributed by atoms with Crippen molar-refractivity contribution in [2.75, 3.05) is 13.1 Å². The number of benzene rings is 1. The van der Waals surface area contributed by atoms with Crippen LogP contribution >= 0.6 is 23.2 Å². The average Bonchev–Trinajstić information content (AvgIpc) is 2.86. The molecule has 0 spiro atoms. The zero-order valence-corrected chi connectivity index (χ0v) is 12.4. The van der Waals surface area contributed by atoms with Crippen LogP contribution in [0.3, 0.4) is 0 Å². The fraction of sp³-hybridized carbons (Fsp3) is 0.400. The summed E-state index contributed by atoms with van der Waals surface area (Å²) in [5, 5.41) is 10.3. The van der Waals surface area contributed by atoms with Crippen LogP contribution in [0.4, 0.5) is 4.79 Å². The van der Waals surface area contributed by atoms with Crippen molar-refractivity contribution in [1.82, 2.24) is 4.90 Å². The molecule has 1 aromatic carbocycles. The highest BCUT2D eigenvalue weighted by Gasteiger charge is 2.53. The summed E-state index contributed by atoms with van der Waals surface area (Å²) in [6, 6.07) is 5.63. The first-order valence-electron chi connectivity index (χ1n) is 6.52. The summed E-state index contributed by atoms with van der Waals surface area (Å²) in [5.41, 5.74) is 2.06. The maximum atomic E-state index is 11.3. The van der Waals surface area contributed by atoms with Gasteiger partial charge in [0.25, 0.3) is 0 Å². The first-order valence-corrected chi connectivity index (χ1v) is 7.28. The van der Waals surface area contributed by atoms with Gasteiger partial charge in [-0.05, 0) is 36.5 Å². The molecule has 1 amide bonds. The van der Waals surface area contributed by atoms with Crippen molar-refractivity contribution in [2.24, 2.45) is 5.92 Å². The SMILES string of the molecule is C=C1C[C@@H]2CN(C(=O)O)C[C@]2(c2ccc(Cl)c(Cl)c2)C1. The number of amides is 1. The summed E-state index contributed by atoms with van der Waals surface area (Å²) in [6.45, 7) is 5.16. The molecule has 0 radical (unpaired) electrons.